The van der Waals surface area contributed by atoms with Crippen LogP contribution in [0.25, 0.3) is 11.0 Å². The van der Waals surface area contributed by atoms with Crippen molar-refractivity contribution in [3.63, 3.8) is 0 Å². The van der Waals surface area contributed by atoms with Crippen LogP contribution in [0.15, 0.2) is 30.7 Å². The summed E-state index contributed by atoms with van der Waals surface area (Å²) >= 11 is 0. The second kappa shape index (κ2) is 3.84. The largest absolute Gasteiger partial charge is 0.454 e. The highest BCUT2D eigenvalue weighted by molar-refractivity contribution is 5.87. The first-order valence-corrected chi connectivity index (χ1v) is 5.71. The monoisotopic (exact) mass is 255 g/mol. The molecule has 0 saturated carbocycles. The van der Waals surface area contributed by atoms with Gasteiger partial charge in [-0.05, 0) is 12.1 Å². The van der Waals surface area contributed by atoms with Crippen molar-refractivity contribution in [1.29, 1.82) is 0 Å². The highest BCUT2D eigenvalue weighted by atomic mass is 16.7. The molecule has 2 N–H and O–H groups in total. The highest BCUT2D eigenvalue weighted by Crippen LogP contribution is 2.35. The van der Waals surface area contributed by atoms with Crippen molar-refractivity contribution in [1.82, 2.24) is 20.2 Å². The van der Waals surface area contributed by atoms with E-state index in [-0.39, 0.29) is 6.79 Å². The van der Waals surface area contributed by atoms with E-state index < -0.39 is 0 Å². The normalized spacial score (nSPS) is 12.8. The van der Waals surface area contributed by atoms with Gasteiger partial charge in [-0.3, -0.25) is 5.10 Å². The molecule has 3 heterocycles. The molecule has 0 saturated heterocycles. The summed E-state index contributed by atoms with van der Waals surface area (Å²) in [4.78, 5) is 8.30. The van der Waals surface area contributed by atoms with E-state index in [9.17, 15) is 0 Å². The third kappa shape index (κ3) is 1.63. The van der Waals surface area contributed by atoms with Gasteiger partial charge < -0.3 is 14.8 Å². The van der Waals surface area contributed by atoms with Crippen LogP contribution in [0.5, 0.6) is 11.5 Å². The maximum absolute atomic E-state index is 5.34. The first-order valence-electron chi connectivity index (χ1n) is 5.71. The average molecular weight is 255 g/mol. The van der Waals surface area contributed by atoms with Gasteiger partial charge in [-0.2, -0.15) is 5.10 Å². The minimum Gasteiger partial charge on any atom is -0.454 e. The van der Waals surface area contributed by atoms with Crippen LogP contribution in [0.4, 0.5) is 11.5 Å². The van der Waals surface area contributed by atoms with Gasteiger partial charge in [0.1, 0.15) is 12.1 Å². The summed E-state index contributed by atoms with van der Waals surface area (Å²) in [6.07, 6.45) is 3.17. The number of nitrogens with one attached hydrogen (secondary N) is 2. The molecule has 0 radical (unpaired) electrons. The molecule has 7 nitrogen and oxygen atoms in total. The van der Waals surface area contributed by atoms with Crippen molar-refractivity contribution in [2.45, 2.75) is 0 Å². The maximum atomic E-state index is 5.34. The molecule has 1 aliphatic rings. The molecule has 1 aromatic carbocycles. The van der Waals surface area contributed by atoms with E-state index in [0.717, 1.165) is 22.6 Å². The van der Waals surface area contributed by atoms with Gasteiger partial charge in [0.05, 0.1) is 11.6 Å². The van der Waals surface area contributed by atoms with Gasteiger partial charge in [-0.25, -0.2) is 9.97 Å². The Morgan fingerprint density at radius 1 is 1.16 bits per heavy atom. The second-order valence-corrected chi connectivity index (χ2v) is 4.05. The topological polar surface area (TPSA) is 85.0 Å². The minimum atomic E-state index is 0.262. The van der Waals surface area contributed by atoms with Gasteiger partial charge in [0.2, 0.25) is 6.79 Å². The van der Waals surface area contributed by atoms with Gasteiger partial charge >= 0.3 is 0 Å². The summed E-state index contributed by atoms with van der Waals surface area (Å²) in [7, 11) is 0. The number of benzene rings is 1. The highest BCUT2D eigenvalue weighted by Gasteiger charge is 2.14. The lowest BCUT2D eigenvalue weighted by atomic mass is 10.2. The minimum absolute atomic E-state index is 0.262. The number of anilines is 2. The van der Waals surface area contributed by atoms with Crippen molar-refractivity contribution in [2.24, 2.45) is 0 Å². The molecule has 0 amide bonds. The van der Waals surface area contributed by atoms with E-state index in [2.05, 4.69) is 25.5 Å². The van der Waals surface area contributed by atoms with Crippen molar-refractivity contribution in [3.8, 4) is 11.5 Å². The Hall–Kier alpha value is -2.83. The molecule has 1 aliphatic heterocycles. The molecule has 0 fully saturated rings. The number of aromatic amines is 1. The first-order chi connectivity index (χ1) is 9.40. The van der Waals surface area contributed by atoms with Crippen molar-refractivity contribution >= 4 is 22.5 Å². The summed E-state index contributed by atoms with van der Waals surface area (Å²) in [6.45, 7) is 0.262. The third-order valence-corrected chi connectivity index (χ3v) is 2.88. The fourth-order valence-corrected chi connectivity index (χ4v) is 1.98. The Balaban J connectivity index is 1.73. The lowest BCUT2D eigenvalue weighted by molar-refractivity contribution is 0.174. The van der Waals surface area contributed by atoms with E-state index in [1.807, 2.05) is 18.2 Å². The van der Waals surface area contributed by atoms with E-state index >= 15 is 0 Å². The Bertz CT molecular complexity index is 755. The molecule has 7 heteroatoms. The van der Waals surface area contributed by atoms with Crippen LogP contribution in [0.2, 0.25) is 0 Å². The first kappa shape index (κ1) is 10.1. The smallest absolute Gasteiger partial charge is 0.231 e. The molecule has 2 aromatic heterocycles. The molecule has 0 aliphatic carbocycles. The van der Waals surface area contributed by atoms with Crippen LogP contribution in [0, 0.1) is 0 Å². The summed E-state index contributed by atoms with van der Waals surface area (Å²) in [5.41, 5.74) is 1.56. The fourth-order valence-electron chi connectivity index (χ4n) is 1.98. The van der Waals surface area contributed by atoms with Crippen LogP contribution in [-0.2, 0) is 0 Å². The van der Waals surface area contributed by atoms with Crippen molar-refractivity contribution in [3.05, 3.63) is 30.7 Å². The second-order valence-electron chi connectivity index (χ2n) is 4.05. The van der Waals surface area contributed by atoms with Crippen LogP contribution < -0.4 is 14.8 Å². The zero-order valence-electron chi connectivity index (χ0n) is 9.75. The molecule has 0 spiro atoms. The van der Waals surface area contributed by atoms with E-state index in [0.29, 0.717) is 11.5 Å². The van der Waals surface area contributed by atoms with Crippen LogP contribution in [0.3, 0.4) is 0 Å². The van der Waals surface area contributed by atoms with Gasteiger partial charge in [0.25, 0.3) is 0 Å². The predicted octanol–water partition coefficient (Wildman–Crippen LogP) is 1.83. The molecule has 0 bridgehead atoms. The lowest BCUT2D eigenvalue weighted by Crippen LogP contribution is -1.95. The zero-order valence-corrected chi connectivity index (χ0v) is 9.75. The zero-order chi connectivity index (χ0) is 12.7. The summed E-state index contributed by atoms with van der Waals surface area (Å²) in [5.74, 6) is 2.17. The van der Waals surface area contributed by atoms with E-state index in [1.54, 1.807) is 6.20 Å². The number of fused-ring (bicyclic) bond motifs is 2. The Morgan fingerprint density at radius 2 is 2.11 bits per heavy atom. The molecule has 0 atom stereocenters. The molecule has 94 valence electrons. The van der Waals surface area contributed by atoms with Crippen LogP contribution in [-0.4, -0.2) is 27.0 Å². The number of H-pyrrole nitrogens is 1. The van der Waals surface area contributed by atoms with E-state index in [4.69, 9.17) is 9.47 Å². The molecular weight excluding hydrogens is 246 g/mol. The number of hydrogen-bond donors (Lipinski definition) is 2. The van der Waals surface area contributed by atoms with Gasteiger partial charge in [-0.15, -0.1) is 0 Å². The molecular formula is C12H9N5O2. The molecule has 4 rings (SSSR count). The average Bonchev–Trinajstić information content (AvgIpc) is 3.06. The number of hydrogen-bond acceptors (Lipinski definition) is 6. The standard InChI is InChI=1S/C12H9N5O2/c1-2-9-10(19-6-18-9)3-7(1)16-11-8-4-15-17-12(8)14-5-13-11/h1-5H,6H2,(H2,13,14,15,16,17). The Kier molecular flexibility index (Phi) is 2.05. The molecule has 3 aromatic rings. The Morgan fingerprint density at radius 3 is 3.11 bits per heavy atom. The van der Waals surface area contributed by atoms with E-state index in [1.165, 1.54) is 6.33 Å². The van der Waals surface area contributed by atoms with Gasteiger partial charge in [-0.1, -0.05) is 0 Å². The Labute approximate surface area is 107 Å². The maximum Gasteiger partial charge on any atom is 0.231 e. The summed E-state index contributed by atoms with van der Waals surface area (Å²) < 4.78 is 10.6. The SMILES string of the molecule is c1nc(Nc2ccc3c(c2)OCO3)c2cn[nH]c2n1. The van der Waals surface area contributed by atoms with Crippen LogP contribution in [0.1, 0.15) is 0 Å². The number of ether oxygens (including phenoxy) is 2. The van der Waals surface area contributed by atoms with Crippen LogP contribution >= 0.6 is 0 Å². The fraction of sp³-hybridized carbons (Fsp3) is 0.0833. The quantitative estimate of drug-likeness (QED) is 0.726. The summed E-state index contributed by atoms with van der Waals surface area (Å²) in [6, 6.07) is 5.64. The molecule has 0 unspecified atom stereocenters. The summed E-state index contributed by atoms with van der Waals surface area (Å²) in [5, 5.41) is 10.8. The van der Waals surface area contributed by atoms with Crippen molar-refractivity contribution in [2.75, 3.05) is 12.1 Å². The van der Waals surface area contributed by atoms with Crippen molar-refractivity contribution < 1.29 is 9.47 Å². The number of rotatable bonds is 2. The number of aromatic nitrogens is 4. The molecule has 19 heavy (non-hydrogen) atoms. The predicted molar refractivity (Wildman–Crippen MR) is 67.5 cm³/mol. The lowest BCUT2D eigenvalue weighted by Gasteiger charge is -2.06. The third-order valence-electron chi connectivity index (χ3n) is 2.88. The number of nitrogens with zero attached hydrogens (tertiary/aromatic N) is 3. The van der Waals surface area contributed by atoms with Gasteiger partial charge in [0, 0.05) is 11.8 Å². The van der Waals surface area contributed by atoms with Gasteiger partial charge in [0.15, 0.2) is 17.1 Å².